The molecule has 0 bridgehead atoms. The van der Waals surface area contributed by atoms with Gasteiger partial charge in [0.25, 0.3) is 5.91 Å². The molecule has 0 spiro atoms. The molecule has 0 saturated heterocycles. The minimum Gasteiger partial charge on any atom is -0.480 e. The summed E-state index contributed by atoms with van der Waals surface area (Å²) in [5.41, 5.74) is 2.92. The second-order valence-electron chi connectivity index (χ2n) is 6.65. The monoisotopic (exact) mass is 428 g/mol. The molecule has 6 heteroatoms. The minimum atomic E-state index is -1.05. The number of benzodiazepines with no additional fused rings is 1. The number of nitrogens with zero attached hydrogens (tertiary/aromatic N) is 2. The highest BCUT2D eigenvalue weighted by Gasteiger charge is 2.35. The molecule has 3 rings (SSSR count). The van der Waals surface area contributed by atoms with Crippen molar-refractivity contribution in [3.63, 3.8) is 0 Å². The van der Waals surface area contributed by atoms with E-state index in [2.05, 4.69) is 15.9 Å². The van der Waals surface area contributed by atoms with Gasteiger partial charge in [0.05, 0.1) is 11.4 Å². The molecule has 1 aliphatic rings. The first kappa shape index (κ1) is 19.3. The summed E-state index contributed by atoms with van der Waals surface area (Å²) in [6, 6.07) is 14.5. The van der Waals surface area contributed by atoms with Gasteiger partial charge in [0.15, 0.2) is 0 Å². The Morgan fingerprint density at radius 2 is 1.96 bits per heavy atom. The van der Waals surface area contributed by atoms with Crippen molar-refractivity contribution in [2.45, 2.75) is 26.3 Å². The number of rotatable bonds is 5. The highest BCUT2D eigenvalue weighted by molar-refractivity contribution is 9.10. The molecule has 1 aliphatic heterocycles. The highest BCUT2D eigenvalue weighted by atomic mass is 79.9. The maximum Gasteiger partial charge on any atom is 0.323 e. The van der Waals surface area contributed by atoms with E-state index in [1.54, 1.807) is 6.07 Å². The number of halogens is 1. The van der Waals surface area contributed by atoms with Crippen LogP contribution in [0.4, 0.5) is 5.69 Å². The number of carboxylic acid groups (broad SMARTS) is 1. The molecule has 0 fully saturated rings. The van der Waals surface area contributed by atoms with Gasteiger partial charge in [-0.3, -0.25) is 19.5 Å². The number of hydrogen-bond donors (Lipinski definition) is 1. The molecular formula is C21H21BrN2O3. The summed E-state index contributed by atoms with van der Waals surface area (Å²) in [6.45, 7) is 3.59. The predicted octanol–water partition coefficient (Wildman–Crippen LogP) is 4.13. The van der Waals surface area contributed by atoms with Crippen molar-refractivity contribution in [1.82, 2.24) is 0 Å². The van der Waals surface area contributed by atoms with Crippen LogP contribution in [-0.2, 0) is 9.59 Å². The Balaban J connectivity index is 2.27. The van der Waals surface area contributed by atoms with E-state index < -0.39 is 18.6 Å². The summed E-state index contributed by atoms with van der Waals surface area (Å²) >= 11 is 3.48. The maximum atomic E-state index is 13.2. The van der Waals surface area contributed by atoms with E-state index in [-0.39, 0.29) is 11.8 Å². The third kappa shape index (κ3) is 3.95. The molecule has 2 atom stereocenters. The molecule has 140 valence electrons. The Labute approximate surface area is 166 Å². The zero-order valence-corrected chi connectivity index (χ0v) is 16.8. The van der Waals surface area contributed by atoms with Crippen molar-refractivity contribution >= 4 is 39.2 Å². The van der Waals surface area contributed by atoms with E-state index in [0.29, 0.717) is 11.4 Å². The third-order valence-electron chi connectivity index (χ3n) is 4.82. The van der Waals surface area contributed by atoms with Crippen molar-refractivity contribution in [3.05, 3.63) is 64.1 Å². The number of aliphatic imine (C=N–C) groups is 1. The third-order valence-corrected chi connectivity index (χ3v) is 5.31. The first-order chi connectivity index (χ1) is 12.9. The number of amides is 1. The summed E-state index contributed by atoms with van der Waals surface area (Å²) in [6.07, 6.45) is 0.767. The Kier molecular flexibility index (Phi) is 5.75. The lowest BCUT2D eigenvalue weighted by atomic mass is 9.98. The largest absolute Gasteiger partial charge is 0.480 e. The zero-order chi connectivity index (χ0) is 19.6. The molecule has 1 N–H and O–H groups in total. The van der Waals surface area contributed by atoms with Gasteiger partial charge in [0.1, 0.15) is 12.6 Å². The van der Waals surface area contributed by atoms with E-state index in [1.165, 1.54) is 4.90 Å². The van der Waals surface area contributed by atoms with Crippen molar-refractivity contribution in [2.24, 2.45) is 10.9 Å². The standard InChI is InChI=1S/C21H21BrN2O3/c1-3-13(2)19-21(27)24(12-18(25)26)17-10-9-15(22)11-16(17)20(23-19)14-7-5-4-6-8-14/h4-11,13,19H,3,12H2,1-2H3,(H,25,26)/t13-,19?/m0/s1. The number of hydrogen-bond acceptors (Lipinski definition) is 3. The van der Waals surface area contributed by atoms with Crippen molar-refractivity contribution in [1.29, 1.82) is 0 Å². The number of fused-ring (bicyclic) bond motifs is 1. The summed E-state index contributed by atoms with van der Waals surface area (Å²) in [5.74, 6) is -1.34. The highest BCUT2D eigenvalue weighted by Crippen LogP contribution is 2.32. The van der Waals surface area contributed by atoms with Crippen LogP contribution >= 0.6 is 15.9 Å². The van der Waals surface area contributed by atoms with E-state index in [1.807, 2.05) is 56.3 Å². The van der Waals surface area contributed by atoms with E-state index >= 15 is 0 Å². The Morgan fingerprint density at radius 1 is 1.26 bits per heavy atom. The predicted molar refractivity (Wildman–Crippen MR) is 109 cm³/mol. The van der Waals surface area contributed by atoms with Crippen molar-refractivity contribution in [3.8, 4) is 0 Å². The summed E-state index contributed by atoms with van der Waals surface area (Å²) < 4.78 is 0.842. The number of carbonyl (C=O) groups is 2. The van der Waals surface area contributed by atoms with Gasteiger partial charge < -0.3 is 5.11 Å². The number of carboxylic acids is 1. The van der Waals surface area contributed by atoms with Gasteiger partial charge in [-0.25, -0.2) is 0 Å². The van der Waals surface area contributed by atoms with Crippen LogP contribution in [0.2, 0.25) is 0 Å². The van der Waals surface area contributed by atoms with E-state index in [0.717, 1.165) is 22.0 Å². The molecule has 1 amide bonds. The minimum absolute atomic E-state index is 0.00902. The number of benzene rings is 2. The maximum absolute atomic E-state index is 13.2. The zero-order valence-electron chi connectivity index (χ0n) is 15.2. The lowest BCUT2D eigenvalue weighted by molar-refractivity contribution is -0.136. The molecule has 5 nitrogen and oxygen atoms in total. The fourth-order valence-corrected chi connectivity index (χ4v) is 3.55. The Bertz CT molecular complexity index is 896. The van der Waals surface area contributed by atoms with Crippen LogP contribution < -0.4 is 4.90 Å². The molecule has 2 aromatic carbocycles. The van der Waals surface area contributed by atoms with Crippen molar-refractivity contribution < 1.29 is 14.7 Å². The molecule has 27 heavy (non-hydrogen) atoms. The molecule has 0 saturated carbocycles. The van der Waals surface area contributed by atoms with E-state index in [9.17, 15) is 14.7 Å². The second-order valence-corrected chi connectivity index (χ2v) is 7.57. The Morgan fingerprint density at radius 3 is 2.59 bits per heavy atom. The molecule has 1 unspecified atom stereocenters. The van der Waals surface area contributed by atoms with Crippen molar-refractivity contribution in [2.75, 3.05) is 11.4 Å². The summed E-state index contributed by atoms with van der Waals surface area (Å²) in [7, 11) is 0. The first-order valence-corrected chi connectivity index (χ1v) is 9.68. The van der Waals surface area contributed by atoms with Gasteiger partial charge >= 0.3 is 5.97 Å². The van der Waals surface area contributed by atoms with Crippen LogP contribution in [0, 0.1) is 5.92 Å². The average molecular weight is 429 g/mol. The molecule has 0 aromatic heterocycles. The smallest absolute Gasteiger partial charge is 0.323 e. The lowest BCUT2D eigenvalue weighted by Gasteiger charge is -2.25. The van der Waals surface area contributed by atoms with Crippen LogP contribution in [0.3, 0.4) is 0 Å². The van der Waals surface area contributed by atoms with Crippen LogP contribution in [0.1, 0.15) is 31.4 Å². The van der Waals surface area contributed by atoms with Gasteiger partial charge in [-0.1, -0.05) is 66.5 Å². The number of carbonyl (C=O) groups excluding carboxylic acids is 1. The second kappa shape index (κ2) is 8.05. The lowest BCUT2D eigenvalue weighted by Crippen LogP contribution is -2.43. The van der Waals surface area contributed by atoms with E-state index in [4.69, 9.17) is 4.99 Å². The SMILES string of the molecule is CC[C@H](C)C1N=C(c2ccccc2)c2cc(Br)ccc2N(CC(=O)O)C1=O. The van der Waals surface area contributed by atoms with Gasteiger partial charge in [-0.05, 0) is 24.1 Å². The molecule has 0 radical (unpaired) electrons. The molecule has 2 aromatic rings. The first-order valence-electron chi connectivity index (χ1n) is 8.88. The fourth-order valence-electron chi connectivity index (χ4n) is 3.19. The quantitative estimate of drug-likeness (QED) is 0.777. The van der Waals surface area contributed by atoms with Crippen LogP contribution in [0.25, 0.3) is 0 Å². The van der Waals surface area contributed by atoms with Gasteiger partial charge in [0.2, 0.25) is 0 Å². The molecular weight excluding hydrogens is 408 g/mol. The average Bonchev–Trinajstić information content (AvgIpc) is 2.77. The topological polar surface area (TPSA) is 70.0 Å². The summed E-state index contributed by atoms with van der Waals surface area (Å²) in [4.78, 5) is 30.9. The number of anilines is 1. The Hall–Kier alpha value is -2.47. The van der Waals surface area contributed by atoms with Crippen LogP contribution in [0.5, 0.6) is 0 Å². The fraction of sp³-hybridized carbons (Fsp3) is 0.286. The van der Waals surface area contributed by atoms with Crippen LogP contribution in [-0.4, -0.2) is 35.3 Å². The summed E-state index contributed by atoms with van der Waals surface area (Å²) in [5, 5.41) is 9.38. The normalized spacial score (nSPS) is 17.7. The van der Waals surface area contributed by atoms with Crippen LogP contribution in [0.15, 0.2) is 58.0 Å². The van der Waals surface area contributed by atoms with Gasteiger partial charge in [-0.15, -0.1) is 0 Å². The number of aliphatic carboxylic acids is 1. The molecule has 0 aliphatic carbocycles. The van der Waals surface area contributed by atoms with Gasteiger partial charge in [0, 0.05) is 15.6 Å². The molecule has 1 heterocycles. The van der Waals surface area contributed by atoms with Gasteiger partial charge in [-0.2, -0.15) is 0 Å².